The molecular weight excluding hydrogens is 258 g/mol. The molecule has 1 N–H and O–H groups in total. The summed E-state index contributed by atoms with van der Waals surface area (Å²) >= 11 is 6.22. The Labute approximate surface area is 121 Å². The second-order valence-corrected chi connectivity index (χ2v) is 6.05. The normalized spacial score (nSPS) is 19.4. The Morgan fingerprint density at radius 1 is 1.47 bits per heavy atom. The van der Waals surface area contributed by atoms with Gasteiger partial charge in [-0.1, -0.05) is 38.8 Å². The van der Waals surface area contributed by atoms with Crippen LogP contribution in [0.4, 0.5) is 5.82 Å². The van der Waals surface area contributed by atoms with Crippen LogP contribution in [0.15, 0.2) is 12.1 Å². The lowest BCUT2D eigenvalue weighted by molar-refractivity contribution is 0.568. The summed E-state index contributed by atoms with van der Waals surface area (Å²) in [5.74, 6) is 1.88. The summed E-state index contributed by atoms with van der Waals surface area (Å²) in [7, 11) is 0. The largest absolute Gasteiger partial charge is 0.356 e. The van der Waals surface area contributed by atoms with Gasteiger partial charge in [0.05, 0.1) is 10.7 Å². The molecule has 1 aromatic heterocycles. The molecule has 106 valence electrons. The lowest BCUT2D eigenvalue weighted by Crippen LogP contribution is -2.24. The zero-order chi connectivity index (χ0) is 13.8. The maximum atomic E-state index is 6.22. The fourth-order valence-electron chi connectivity index (χ4n) is 2.45. The molecule has 3 nitrogen and oxygen atoms in total. The Balaban J connectivity index is 2.08. The molecule has 19 heavy (non-hydrogen) atoms. The van der Waals surface area contributed by atoms with Crippen LogP contribution in [0.2, 0.25) is 5.02 Å². The van der Waals surface area contributed by atoms with E-state index in [1.54, 1.807) is 0 Å². The lowest BCUT2D eigenvalue weighted by atomic mass is 10.1. The zero-order valence-corrected chi connectivity index (χ0v) is 12.9. The highest BCUT2D eigenvalue weighted by atomic mass is 35.5. The van der Waals surface area contributed by atoms with E-state index in [-0.39, 0.29) is 0 Å². The number of rotatable bonds is 5. The van der Waals surface area contributed by atoms with Crippen LogP contribution in [0.5, 0.6) is 0 Å². The van der Waals surface area contributed by atoms with E-state index in [1.165, 1.54) is 12.8 Å². The lowest BCUT2D eigenvalue weighted by Gasteiger charge is -2.19. The predicted molar refractivity (Wildman–Crippen MR) is 81.8 cm³/mol. The summed E-state index contributed by atoms with van der Waals surface area (Å²) in [6.45, 7) is 9.50. The summed E-state index contributed by atoms with van der Waals surface area (Å²) in [5, 5.41) is 4.13. The van der Waals surface area contributed by atoms with Gasteiger partial charge in [0.1, 0.15) is 5.82 Å². The number of nitrogens with one attached hydrogen (secondary N) is 1. The Morgan fingerprint density at radius 3 is 2.89 bits per heavy atom. The molecule has 1 saturated heterocycles. The molecule has 2 heterocycles. The zero-order valence-electron chi connectivity index (χ0n) is 12.1. The summed E-state index contributed by atoms with van der Waals surface area (Å²) < 4.78 is 0. The van der Waals surface area contributed by atoms with Crippen LogP contribution in [0.25, 0.3) is 0 Å². The molecule has 0 amide bonds. The molecule has 0 spiro atoms. The van der Waals surface area contributed by atoms with Gasteiger partial charge in [0.25, 0.3) is 0 Å². The minimum Gasteiger partial charge on any atom is -0.356 e. The molecule has 1 atom stereocenters. The van der Waals surface area contributed by atoms with E-state index in [2.05, 4.69) is 31.0 Å². The van der Waals surface area contributed by atoms with Gasteiger partial charge in [-0.2, -0.15) is 0 Å². The third-order valence-electron chi connectivity index (χ3n) is 3.77. The second kappa shape index (κ2) is 6.58. The Bertz CT molecular complexity index is 420. The van der Waals surface area contributed by atoms with Crippen molar-refractivity contribution in [2.75, 3.05) is 18.0 Å². The summed E-state index contributed by atoms with van der Waals surface area (Å²) in [5.41, 5.74) is 0.952. The quantitative estimate of drug-likeness (QED) is 0.896. The van der Waals surface area contributed by atoms with Gasteiger partial charge in [0, 0.05) is 25.7 Å². The second-order valence-electron chi connectivity index (χ2n) is 5.64. The fourth-order valence-corrected chi connectivity index (χ4v) is 2.62. The van der Waals surface area contributed by atoms with Gasteiger partial charge in [-0.25, -0.2) is 4.98 Å². The van der Waals surface area contributed by atoms with Crippen LogP contribution in [-0.4, -0.2) is 24.1 Å². The van der Waals surface area contributed by atoms with Crippen molar-refractivity contribution in [1.82, 2.24) is 10.3 Å². The highest BCUT2D eigenvalue weighted by Crippen LogP contribution is 2.26. The van der Waals surface area contributed by atoms with Gasteiger partial charge < -0.3 is 10.2 Å². The molecule has 1 unspecified atom stereocenters. The SMILES string of the molecule is CCC1CCN(c2ccc(Cl)c(CNC(C)C)n2)C1. The van der Waals surface area contributed by atoms with E-state index in [0.717, 1.165) is 42.1 Å². The van der Waals surface area contributed by atoms with Crippen molar-refractivity contribution in [1.29, 1.82) is 0 Å². The van der Waals surface area contributed by atoms with E-state index in [1.807, 2.05) is 12.1 Å². The van der Waals surface area contributed by atoms with Crippen molar-refractivity contribution in [2.24, 2.45) is 5.92 Å². The van der Waals surface area contributed by atoms with Crippen molar-refractivity contribution < 1.29 is 0 Å². The van der Waals surface area contributed by atoms with E-state index in [9.17, 15) is 0 Å². The Kier molecular flexibility index (Phi) is 5.06. The predicted octanol–water partition coefficient (Wildman–Crippen LogP) is 3.47. The maximum Gasteiger partial charge on any atom is 0.128 e. The van der Waals surface area contributed by atoms with Gasteiger partial charge in [0.15, 0.2) is 0 Å². The molecule has 0 aliphatic carbocycles. The number of nitrogens with zero attached hydrogens (tertiary/aromatic N) is 2. The van der Waals surface area contributed by atoms with Crippen molar-refractivity contribution in [3.63, 3.8) is 0 Å². The fraction of sp³-hybridized carbons (Fsp3) is 0.667. The highest BCUT2D eigenvalue weighted by Gasteiger charge is 2.22. The first-order valence-corrected chi connectivity index (χ1v) is 7.61. The van der Waals surface area contributed by atoms with Crippen LogP contribution >= 0.6 is 11.6 Å². The molecule has 0 saturated carbocycles. The van der Waals surface area contributed by atoms with Crippen LogP contribution < -0.4 is 10.2 Å². The minimum atomic E-state index is 0.442. The molecule has 1 aliphatic rings. The first kappa shape index (κ1) is 14.6. The smallest absolute Gasteiger partial charge is 0.128 e. The van der Waals surface area contributed by atoms with E-state index >= 15 is 0 Å². The van der Waals surface area contributed by atoms with E-state index in [4.69, 9.17) is 16.6 Å². The van der Waals surface area contributed by atoms with Crippen LogP contribution in [0, 0.1) is 5.92 Å². The number of hydrogen-bond acceptors (Lipinski definition) is 3. The molecule has 0 bridgehead atoms. The molecule has 1 aliphatic heterocycles. The number of anilines is 1. The van der Waals surface area contributed by atoms with Gasteiger partial charge in [-0.15, -0.1) is 0 Å². The van der Waals surface area contributed by atoms with E-state index in [0.29, 0.717) is 6.04 Å². The molecule has 0 radical (unpaired) electrons. The first-order valence-electron chi connectivity index (χ1n) is 7.24. The van der Waals surface area contributed by atoms with Gasteiger partial charge in [-0.3, -0.25) is 0 Å². The molecule has 2 rings (SSSR count). The molecule has 1 aromatic rings. The van der Waals surface area contributed by atoms with Gasteiger partial charge >= 0.3 is 0 Å². The molecular formula is C15H24ClN3. The van der Waals surface area contributed by atoms with Gasteiger partial charge in [-0.05, 0) is 24.5 Å². The number of aromatic nitrogens is 1. The number of halogens is 1. The van der Waals surface area contributed by atoms with Gasteiger partial charge in [0.2, 0.25) is 0 Å². The first-order chi connectivity index (χ1) is 9.10. The van der Waals surface area contributed by atoms with Crippen molar-refractivity contribution in [3.8, 4) is 0 Å². The summed E-state index contributed by atoms with van der Waals surface area (Å²) in [4.78, 5) is 7.10. The third-order valence-corrected chi connectivity index (χ3v) is 4.11. The molecule has 0 aromatic carbocycles. The number of pyridine rings is 1. The maximum absolute atomic E-state index is 6.22. The van der Waals surface area contributed by atoms with Crippen molar-refractivity contribution >= 4 is 17.4 Å². The van der Waals surface area contributed by atoms with Crippen LogP contribution in [-0.2, 0) is 6.54 Å². The van der Waals surface area contributed by atoms with Crippen molar-refractivity contribution in [2.45, 2.75) is 46.2 Å². The van der Waals surface area contributed by atoms with Crippen LogP contribution in [0.1, 0.15) is 39.3 Å². The Hall–Kier alpha value is -0.800. The monoisotopic (exact) mass is 281 g/mol. The number of hydrogen-bond donors (Lipinski definition) is 1. The summed E-state index contributed by atoms with van der Waals surface area (Å²) in [6.07, 6.45) is 2.53. The highest BCUT2D eigenvalue weighted by molar-refractivity contribution is 6.31. The standard InChI is InChI=1S/C15H24ClN3/c1-4-12-7-8-19(10-12)15-6-5-13(16)14(18-15)9-17-11(2)3/h5-6,11-12,17H,4,7-10H2,1-3H3. The molecule has 4 heteroatoms. The van der Waals surface area contributed by atoms with Crippen molar-refractivity contribution in [3.05, 3.63) is 22.8 Å². The minimum absolute atomic E-state index is 0.442. The third kappa shape index (κ3) is 3.83. The average molecular weight is 282 g/mol. The average Bonchev–Trinajstić information content (AvgIpc) is 2.86. The van der Waals surface area contributed by atoms with E-state index < -0.39 is 0 Å². The summed E-state index contributed by atoms with van der Waals surface area (Å²) in [6, 6.07) is 4.46. The Morgan fingerprint density at radius 2 is 2.26 bits per heavy atom. The topological polar surface area (TPSA) is 28.2 Å². The van der Waals surface area contributed by atoms with Crippen LogP contribution in [0.3, 0.4) is 0 Å². The molecule has 1 fully saturated rings.